The Kier molecular flexibility index (Phi) is 4.23. The van der Waals surface area contributed by atoms with E-state index in [1.165, 1.54) is 0 Å². The lowest BCUT2D eigenvalue weighted by Crippen LogP contribution is -2.19. The molecule has 0 aliphatic rings. The van der Waals surface area contributed by atoms with Crippen molar-refractivity contribution in [2.75, 3.05) is 5.32 Å². The second-order valence-corrected chi connectivity index (χ2v) is 6.24. The standard InChI is InChI=1S/C22H19N3O/c1-16-9-5-6-12-18(16)23-21(26)15-25-20-14-8-7-13-19(20)24-22(25)17-10-3-2-4-11-17/h2-14H,15H2,1H3,(H,23,26). The number of anilines is 1. The van der Waals surface area contributed by atoms with E-state index in [1.807, 2.05) is 90.4 Å². The molecule has 0 saturated carbocycles. The van der Waals surface area contributed by atoms with Crippen LogP contribution < -0.4 is 5.32 Å². The van der Waals surface area contributed by atoms with Gasteiger partial charge in [0.1, 0.15) is 12.4 Å². The fourth-order valence-corrected chi connectivity index (χ4v) is 3.09. The number of hydrogen-bond donors (Lipinski definition) is 1. The fraction of sp³-hybridized carbons (Fsp3) is 0.0909. The Morgan fingerprint density at radius 2 is 1.62 bits per heavy atom. The molecule has 128 valence electrons. The Bertz CT molecular complexity index is 1070. The second-order valence-electron chi connectivity index (χ2n) is 6.24. The number of carbonyl (C=O) groups excluding carboxylic acids is 1. The molecule has 1 aromatic heterocycles. The highest BCUT2D eigenvalue weighted by Gasteiger charge is 2.15. The van der Waals surface area contributed by atoms with Gasteiger partial charge in [-0.05, 0) is 30.7 Å². The van der Waals surface area contributed by atoms with Gasteiger partial charge in [0.25, 0.3) is 0 Å². The van der Waals surface area contributed by atoms with Crippen LogP contribution in [0.25, 0.3) is 22.4 Å². The highest BCUT2D eigenvalue weighted by atomic mass is 16.1. The van der Waals surface area contributed by atoms with Crippen molar-refractivity contribution in [2.45, 2.75) is 13.5 Å². The number of amides is 1. The number of rotatable bonds is 4. The lowest BCUT2D eigenvalue weighted by atomic mass is 10.2. The first kappa shape index (κ1) is 16.1. The third-order valence-corrected chi connectivity index (χ3v) is 4.41. The first-order chi connectivity index (χ1) is 12.7. The Labute approximate surface area is 152 Å². The predicted molar refractivity (Wildman–Crippen MR) is 105 cm³/mol. The van der Waals surface area contributed by atoms with Crippen LogP contribution in [0.3, 0.4) is 0 Å². The zero-order valence-corrected chi connectivity index (χ0v) is 14.5. The van der Waals surface area contributed by atoms with Crippen LogP contribution in [0.1, 0.15) is 5.56 Å². The summed E-state index contributed by atoms with van der Waals surface area (Å²) in [4.78, 5) is 17.4. The van der Waals surface area contributed by atoms with Gasteiger partial charge in [-0.15, -0.1) is 0 Å². The lowest BCUT2D eigenvalue weighted by Gasteiger charge is -2.11. The molecule has 4 heteroatoms. The normalized spacial score (nSPS) is 10.8. The zero-order chi connectivity index (χ0) is 17.9. The van der Waals surface area contributed by atoms with E-state index in [1.54, 1.807) is 0 Å². The van der Waals surface area contributed by atoms with Crippen LogP contribution in [-0.2, 0) is 11.3 Å². The highest BCUT2D eigenvalue weighted by molar-refractivity contribution is 5.93. The van der Waals surface area contributed by atoms with Crippen LogP contribution in [0.15, 0.2) is 78.9 Å². The summed E-state index contributed by atoms with van der Waals surface area (Å²) < 4.78 is 1.97. The maximum absolute atomic E-state index is 12.7. The molecule has 0 aliphatic carbocycles. The molecule has 26 heavy (non-hydrogen) atoms. The van der Waals surface area contributed by atoms with Crippen LogP contribution in [0, 0.1) is 6.92 Å². The predicted octanol–water partition coefficient (Wildman–Crippen LogP) is 4.65. The van der Waals surface area contributed by atoms with Gasteiger partial charge in [0.05, 0.1) is 11.0 Å². The van der Waals surface area contributed by atoms with Gasteiger partial charge >= 0.3 is 0 Å². The Balaban J connectivity index is 1.71. The van der Waals surface area contributed by atoms with Gasteiger partial charge in [-0.1, -0.05) is 60.7 Å². The average molecular weight is 341 g/mol. The number of nitrogens with one attached hydrogen (secondary N) is 1. The molecule has 0 saturated heterocycles. The summed E-state index contributed by atoms with van der Waals surface area (Å²) in [5.74, 6) is 0.728. The van der Waals surface area contributed by atoms with Crippen molar-refractivity contribution in [1.29, 1.82) is 0 Å². The molecule has 0 aliphatic heterocycles. The summed E-state index contributed by atoms with van der Waals surface area (Å²) in [5.41, 5.74) is 4.71. The van der Waals surface area contributed by atoms with E-state index in [9.17, 15) is 4.79 Å². The Morgan fingerprint density at radius 1 is 0.923 bits per heavy atom. The van der Waals surface area contributed by atoms with Gasteiger partial charge in [-0.3, -0.25) is 4.79 Å². The monoisotopic (exact) mass is 341 g/mol. The number of para-hydroxylation sites is 3. The SMILES string of the molecule is Cc1ccccc1NC(=O)Cn1c(-c2ccccc2)nc2ccccc21. The number of benzene rings is 3. The maximum atomic E-state index is 12.7. The van der Waals surface area contributed by atoms with E-state index in [0.29, 0.717) is 0 Å². The van der Waals surface area contributed by atoms with Crippen molar-refractivity contribution in [3.63, 3.8) is 0 Å². The highest BCUT2D eigenvalue weighted by Crippen LogP contribution is 2.25. The number of aromatic nitrogens is 2. The number of hydrogen-bond acceptors (Lipinski definition) is 2. The van der Waals surface area contributed by atoms with Crippen molar-refractivity contribution in [3.05, 3.63) is 84.4 Å². The Hall–Kier alpha value is -3.40. The van der Waals surface area contributed by atoms with Crippen LogP contribution in [0.4, 0.5) is 5.69 Å². The lowest BCUT2D eigenvalue weighted by molar-refractivity contribution is -0.116. The van der Waals surface area contributed by atoms with Crippen molar-refractivity contribution in [3.8, 4) is 11.4 Å². The maximum Gasteiger partial charge on any atom is 0.244 e. The number of imidazole rings is 1. The molecule has 0 bridgehead atoms. The van der Waals surface area contributed by atoms with Gasteiger partial charge in [-0.2, -0.15) is 0 Å². The van der Waals surface area contributed by atoms with E-state index >= 15 is 0 Å². The fourth-order valence-electron chi connectivity index (χ4n) is 3.09. The third-order valence-electron chi connectivity index (χ3n) is 4.41. The summed E-state index contributed by atoms with van der Waals surface area (Å²) in [6.07, 6.45) is 0. The third kappa shape index (κ3) is 3.09. The van der Waals surface area contributed by atoms with Crippen LogP contribution >= 0.6 is 0 Å². The molecule has 1 heterocycles. The van der Waals surface area contributed by atoms with E-state index in [0.717, 1.165) is 33.7 Å². The smallest absolute Gasteiger partial charge is 0.244 e. The zero-order valence-electron chi connectivity index (χ0n) is 14.5. The summed E-state index contributed by atoms with van der Waals surface area (Å²) in [7, 11) is 0. The molecule has 1 amide bonds. The minimum atomic E-state index is -0.0698. The number of aryl methyl sites for hydroxylation is 1. The van der Waals surface area contributed by atoms with Crippen LogP contribution in [0.2, 0.25) is 0 Å². The molecule has 1 N–H and O–H groups in total. The van der Waals surface area contributed by atoms with E-state index in [2.05, 4.69) is 5.32 Å². The molecular formula is C22H19N3O. The van der Waals surface area contributed by atoms with Crippen LogP contribution in [-0.4, -0.2) is 15.5 Å². The molecule has 3 aromatic carbocycles. The van der Waals surface area contributed by atoms with Crippen LogP contribution in [0.5, 0.6) is 0 Å². The number of carbonyl (C=O) groups is 1. The molecule has 4 rings (SSSR count). The second kappa shape index (κ2) is 6.84. The van der Waals surface area contributed by atoms with Gasteiger partial charge in [0.2, 0.25) is 5.91 Å². The molecule has 4 nitrogen and oxygen atoms in total. The molecule has 0 spiro atoms. The van der Waals surface area contributed by atoms with Gasteiger partial charge in [-0.25, -0.2) is 4.98 Å². The first-order valence-electron chi connectivity index (χ1n) is 8.58. The molecule has 0 atom stereocenters. The molecule has 0 fully saturated rings. The number of nitrogens with zero attached hydrogens (tertiary/aromatic N) is 2. The average Bonchev–Trinajstić information content (AvgIpc) is 3.03. The van der Waals surface area contributed by atoms with E-state index in [4.69, 9.17) is 4.98 Å². The van der Waals surface area contributed by atoms with Gasteiger partial charge < -0.3 is 9.88 Å². The van der Waals surface area contributed by atoms with Crippen molar-refractivity contribution in [1.82, 2.24) is 9.55 Å². The summed E-state index contributed by atoms with van der Waals surface area (Å²) in [5, 5.41) is 3.00. The minimum Gasteiger partial charge on any atom is -0.324 e. The Morgan fingerprint density at radius 3 is 2.42 bits per heavy atom. The number of fused-ring (bicyclic) bond motifs is 1. The molecule has 0 unspecified atom stereocenters. The van der Waals surface area contributed by atoms with E-state index in [-0.39, 0.29) is 12.5 Å². The quantitative estimate of drug-likeness (QED) is 0.587. The minimum absolute atomic E-state index is 0.0698. The summed E-state index contributed by atoms with van der Waals surface area (Å²) >= 11 is 0. The molecule has 0 radical (unpaired) electrons. The summed E-state index contributed by atoms with van der Waals surface area (Å²) in [6, 6.07) is 25.6. The molecular weight excluding hydrogens is 322 g/mol. The van der Waals surface area contributed by atoms with Gasteiger partial charge in [0, 0.05) is 11.3 Å². The van der Waals surface area contributed by atoms with Gasteiger partial charge in [0.15, 0.2) is 0 Å². The van der Waals surface area contributed by atoms with Crippen molar-refractivity contribution >= 4 is 22.6 Å². The van der Waals surface area contributed by atoms with Crippen molar-refractivity contribution in [2.24, 2.45) is 0 Å². The first-order valence-corrected chi connectivity index (χ1v) is 8.58. The summed E-state index contributed by atoms with van der Waals surface area (Å²) in [6.45, 7) is 2.19. The topological polar surface area (TPSA) is 46.9 Å². The molecule has 4 aromatic rings. The van der Waals surface area contributed by atoms with E-state index < -0.39 is 0 Å². The van der Waals surface area contributed by atoms with Crippen molar-refractivity contribution < 1.29 is 4.79 Å². The largest absolute Gasteiger partial charge is 0.324 e.